The van der Waals surface area contributed by atoms with Gasteiger partial charge in [-0.2, -0.15) is 11.8 Å². The number of morpholine rings is 1. The van der Waals surface area contributed by atoms with Gasteiger partial charge in [-0.05, 0) is 6.42 Å². The maximum absolute atomic E-state index is 5.78. The Balaban J connectivity index is 1.96. The Morgan fingerprint density at radius 2 is 2.26 bits per heavy atom. The van der Waals surface area contributed by atoms with Gasteiger partial charge in [-0.15, -0.1) is 6.58 Å². The molecule has 1 aliphatic heterocycles. The van der Waals surface area contributed by atoms with Gasteiger partial charge < -0.3 is 15.8 Å². The fraction of sp³-hybridized carbons (Fsp3) is 0.769. The van der Waals surface area contributed by atoms with Crippen molar-refractivity contribution in [2.75, 3.05) is 57.4 Å². The molecule has 0 saturated carbocycles. The Bertz CT molecular complexity index is 267. The fourth-order valence-electron chi connectivity index (χ4n) is 1.79. The topological polar surface area (TPSA) is 62.9 Å². The molecule has 19 heavy (non-hydrogen) atoms. The Hall–Kier alpha value is -0.720. The Labute approximate surface area is 120 Å². The molecule has 1 rings (SSSR count). The largest absolute Gasteiger partial charge is 0.379 e. The SMILES string of the molecule is C=CCSCCNC(N)=NCCCN1CCOCC1. The summed E-state index contributed by atoms with van der Waals surface area (Å²) < 4.78 is 5.31. The molecule has 1 fully saturated rings. The molecule has 0 spiro atoms. The molecule has 1 saturated heterocycles. The van der Waals surface area contributed by atoms with Crippen molar-refractivity contribution in [2.24, 2.45) is 10.7 Å². The number of guanidine groups is 1. The molecular formula is C13H26N4OS. The number of thioether (sulfide) groups is 1. The Morgan fingerprint density at radius 3 is 3.00 bits per heavy atom. The minimum absolute atomic E-state index is 0.557. The van der Waals surface area contributed by atoms with E-state index in [0.29, 0.717) is 5.96 Å². The number of aliphatic imine (C=N–C) groups is 1. The molecule has 0 radical (unpaired) electrons. The van der Waals surface area contributed by atoms with Crippen LogP contribution in [0.1, 0.15) is 6.42 Å². The summed E-state index contributed by atoms with van der Waals surface area (Å²) in [5.74, 6) is 2.56. The standard InChI is InChI=1S/C13H26N4OS/c1-2-11-19-12-5-16-13(14)15-4-3-6-17-7-9-18-10-8-17/h2H,1,3-12H2,(H3,14,15,16). The minimum atomic E-state index is 0.557. The Kier molecular flexibility index (Phi) is 9.57. The molecule has 6 heteroatoms. The summed E-state index contributed by atoms with van der Waals surface area (Å²) in [6.07, 6.45) is 2.96. The molecule has 0 unspecified atom stereocenters. The van der Waals surface area contributed by atoms with Gasteiger partial charge in [-0.3, -0.25) is 9.89 Å². The molecular weight excluding hydrogens is 260 g/mol. The lowest BCUT2D eigenvalue weighted by atomic mass is 10.3. The van der Waals surface area contributed by atoms with Gasteiger partial charge in [0, 0.05) is 44.2 Å². The second kappa shape index (κ2) is 11.1. The highest BCUT2D eigenvalue weighted by molar-refractivity contribution is 7.99. The first-order valence-corrected chi connectivity index (χ1v) is 8.01. The van der Waals surface area contributed by atoms with Crippen LogP contribution >= 0.6 is 11.8 Å². The molecule has 0 aromatic carbocycles. The molecule has 0 aromatic rings. The molecule has 1 aliphatic rings. The lowest BCUT2D eigenvalue weighted by molar-refractivity contribution is 0.0377. The van der Waals surface area contributed by atoms with Crippen molar-refractivity contribution in [3.05, 3.63) is 12.7 Å². The normalized spacial score (nSPS) is 17.4. The van der Waals surface area contributed by atoms with Crippen LogP contribution in [0.2, 0.25) is 0 Å². The van der Waals surface area contributed by atoms with E-state index in [1.807, 2.05) is 17.8 Å². The third-order valence-corrected chi connectivity index (χ3v) is 3.77. The van der Waals surface area contributed by atoms with Crippen LogP contribution in [-0.4, -0.2) is 68.3 Å². The van der Waals surface area contributed by atoms with Gasteiger partial charge >= 0.3 is 0 Å². The monoisotopic (exact) mass is 286 g/mol. The number of rotatable bonds is 9. The summed E-state index contributed by atoms with van der Waals surface area (Å²) in [4.78, 5) is 6.73. The van der Waals surface area contributed by atoms with E-state index in [1.165, 1.54) is 0 Å². The number of ether oxygens (including phenoxy) is 1. The van der Waals surface area contributed by atoms with Crippen molar-refractivity contribution < 1.29 is 4.74 Å². The molecule has 0 amide bonds. The average molecular weight is 286 g/mol. The highest BCUT2D eigenvalue weighted by Crippen LogP contribution is 1.98. The van der Waals surface area contributed by atoms with E-state index < -0.39 is 0 Å². The summed E-state index contributed by atoms with van der Waals surface area (Å²) in [6.45, 7) is 10.2. The molecule has 0 aromatic heterocycles. The summed E-state index contributed by atoms with van der Waals surface area (Å²) >= 11 is 1.83. The van der Waals surface area contributed by atoms with Crippen molar-refractivity contribution in [1.82, 2.24) is 10.2 Å². The molecule has 5 nitrogen and oxygen atoms in total. The van der Waals surface area contributed by atoms with Crippen LogP contribution < -0.4 is 11.1 Å². The number of hydrogen-bond acceptors (Lipinski definition) is 4. The number of nitrogens with two attached hydrogens (primary N) is 1. The minimum Gasteiger partial charge on any atom is -0.379 e. The van der Waals surface area contributed by atoms with Gasteiger partial charge in [0.1, 0.15) is 0 Å². The van der Waals surface area contributed by atoms with E-state index in [1.54, 1.807) is 0 Å². The van der Waals surface area contributed by atoms with Gasteiger partial charge in [0.05, 0.1) is 13.2 Å². The molecule has 0 atom stereocenters. The van der Waals surface area contributed by atoms with E-state index in [2.05, 4.69) is 21.8 Å². The van der Waals surface area contributed by atoms with E-state index >= 15 is 0 Å². The fourth-order valence-corrected chi connectivity index (χ4v) is 2.37. The third kappa shape index (κ3) is 8.91. The zero-order valence-electron chi connectivity index (χ0n) is 11.6. The predicted octanol–water partition coefficient (Wildman–Crippen LogP) is 0.532. The lowest BCUT2D eigenvalue weighted by Crippen LogP contribution is -2.37. The van der Waals surface area contributed by atoms with Crippen LogP contribution in [0.15, 0.2) is 17.6 Å². The number of hydrogen-bond donors (Lipinski definition) is 2. The molecule has 0 bridgehead atoms. The summed E-state index contributed by atoms with van der Waals surface area (Å²) in [6, 6.07) is 0. The maximum atomic E-state index is 5.78. The third-order valence-electron chi connectivity index (χ3n) is 2.81. The lowest BCUT2D eigenvalue weighted by Gasteiger charge is -2.26. The van der Waals surface area contributed by atoms with Crippen LogP contribution in [0.3, 0.4) is 0 Å². The van der Waals surface area contributed by atoms with Crippen molar-refractivity contribution in [3.63, 3.8) is 0 Å². The van der Waals surface area contributed by atoms with Gasteiger partial charge in [-0.1, -0.05) is 6.08 Å². The number of nitrogens with one attached hydrogen (secondary N) is 1. The van der Waals surface area contributed by atoms with Gasteiger partial charge in [0.2, 0.25) is 0 Å². The van der Waals surface area contributed by atoms with Crippen molar-refractivity contribution >= 4 is 17.7 Å². The zero-order chi connectivity index (χ0) is 13.8. The summed E-state index contributed by atoms with van der Waals surface area (Å²) in [7, 11) is 0. The van der Waals surface area contributed by atoms with Crippen LogP contribution in [0.4, 0.5) is 0 Å². The highest BCUT2D eigenvalue weighted by atomic mass is 32.2. The van der Waals surface area contributed by atoms with E-state index in [0.717, 1.165) is 63.9 Å². The smallest absolute Gasteiger partial charge is 0.188 e. The summed E-state index contributed by atoms with van der Waals surface area (Å²) in [5.41, 5.74) is 5.78. The van der Waals surface area contributed by atoms with Gasteiger partial charge in [0.25, 0.3) is 0 Å². The van der Waals surface area contributed by atoms with E-state index in [4.69, 9.17) is 10.5 Å². The molecule has 3 N–H and O–H groups in total. The van der Waals surface area contributed by atoms with E-state index in [-0.39, 0.29) is 0 Å². The van der Waals surface area contributed by atoms with E-state index in [9.17, 15) is 0 Å². The zero-order valence-corrected chi connectivity index (χ0v) is 12.5. The first kappa shape index (κ1) is 16.3. The van der Waals surface area contributed by atoms with Crippen LogP contribution in [0.25, 0.3) is 0 Å². The second-order valence-electron chi connectivity index (χ2n) is 4.36. The van der Waals surface area contributed by atoms with Crippen LogP contribution in [0, 0.1) is 0 Å². The Morgan fingerprint density at radius 1 is 1.47 bits per heavy atom. The van der Waals surface area contributed by atoms with Gasteiger partial charge in [0.15, 0.2) is 5.96 Å². The second-order valence-corrected chi connectivity index (χ2v) is 5.51. The summed E-state index contributed by atoms with van der Waals surface area (Å²) in [5, 5.41) is 3.12. The molecule has 110 valence electrons. The first-order valence-electron chi connectivity index (χ1n) is 6.85. The van der Waals surface area contributed by atoms with Crippen molar-refractivity contribution in [1.29, 1.82) is 0 Å². The maximum Gasteiger partial charge on any atom is 0.188 e. The molecule has 1 heterocycles. The predicted molar refractivity (Wildman–Crippen MR) is 83.9 cm³/mol. The first-order chi connectivity index (χ1) is 9.33. The molecule has 0 aliphatic carbocycles. The highest BCUT2D eigenvalue weighted by Gasteiger charge is 2.08. The quantitative estimate of drug-likeness (QED) is 0.280. The average Bonchev–Trinajstić information content (AvgIpc) is 2.44. The van der Waals surface area contributed by atoms with Crippen molar-refractivity contribution in [3.8, 4) is 0 Å². The van der Waals surface area contributed by atoms with Gasteiger partial charge in [-0.25, -0.2) is 0 Å². The van der Waals surface area contributed by atoms with Crippen LogP contribution in [0.5, 0.6) is 0 Å². The van der Waals surface area contributed by atoms with Crippen molar-refractivity contribution in [2.45, 2.75) is 6.42 Å². The van der Waals surface area contributed by atoms with Crippen LogP contribution in [-0.2, 0) is 4.74 Å². The number of nitrogens with zero attached hydrogens (tertiary/aromatic N) is 2.